The minimum Gasteiger partial charge on any atom is -0.494 e. The van der Waals surface area contributed by atoms with Crippen LogP contribution >= 0.6 is 23.9 Å². The predicted octanol–water partition coefficient (Wildman–Crippen LogP) is 4.50. The van der Waals surface area contributed by atoms with E-state index in [0.29, 0.717) is 22.0 Å². The fraction of sp³-hybridized carbons (Fsp3) is 0.304. The van der Waals surface area contributed by atoms with E-state index in [4.69, 9.17) is 4.74 Å². The summed E-state index contributed by atoms with van der Waals surface area (Å²) in [6, 6.07) is 10.9. The summed E-state index contributed by atoms with van der Waals surface area (Å²) in [7, 11) is 1.65. The molecule has 6 rings (SSSR count). The Kier molecular flexibility index (Phi) is 4.73. The molecule has 0 radical (unpaired) electrons. The van der Waals surface area contributed by atoms with Gasteiger partial charge < -0.3 is 14.6 Å². The maximum Gasteiger partial charge on any atom is 0.271 e. The highest BCUT2D eigenvalue weighted by Crippen LogP contribution is 2.45. The molecular formula is C23H22ClN3O3S. The van der Waals surface area contributed by atoms with Crippen LogP contribution in [0.1, 0.15) is 43.0 Å². The first-order valence-corrected chi connectivity index (χ1v) is 11.0. The number of fused-ring (bicyclic) bond motifs is 3. The Labute approximate surface area is 188 Å². The molecule has 3 heterocycles. The second kappa shape index (κ2) is 7.22. The van der Waals surface area contributed by atoms with Crippen LogP contribution in [0.5, 0.6) is 5.75 Å². The SMILES string of the molecule is COc1c(-c2ccc3c(c2)CNC3C)ccc2c(=O)c3c(=O)[nH]sc3n(C3CC3)c12.Cl. The quantitative estimate of drug-likeness (QED) is 0.477. The molecular weight excluding hydrogens is 434 g/mol. The largest absolute Gasteiger partial charge is 0.494 e. The molecule has 2 N–H and O–H groups in total. The second-order valence-corrected chi connectivity index (χ2v) is 9.00. The lowest BCUT2D eigenvalue weighted by molar-refractivity contribution is 0.419. The van der Waals surface area contributed by atoms with Gasteiger partial charge in [0.05, 0.1) is 18.0 Å². The number of hydrogen-bond acceptors (Lipinski definition) is 5. The van der Waals surface area contributed by atoms with Gasteiger partial charge in [-0.1, -0.05) is 12.1 Å². The Bertz CT molecular complexity index is 1470. The Balaban J connectivity index is 0.00000204. The van der Waals surface area contributed by atoms with Crippen molar-refractivity contribution in [3.63, 3.8) is 0 Å². The lowest BCUT2D eigenvalue weighted by Gasteiger charge is -2.18. The number of nitrogens with one attached hydrogen (secondary N) is 2. The molecule has 2 aromatic carbocycles. The van der Waals surface area contributed by atoms with Gasteiger partial charge in [0.25, 0.3) is 5.56 Å². The van der Waals surface area contributed by atoms with E-state index < -0.39 is 0 Å². The zero-order chi connectivity index (χ0) is 20.6. The third-order valence-corrected chi connectivity index (χ3v) is 7.26. The highest BCUT2D eigenvalue weighted by atomic mass is 35.5. The van der Waals surface area contributed by atoms with Crippen molar-refractivity contribution in [2.75, 3.05) is 7.11 Å². The van der Waals surface area contributed by atoms with Crippen molar-refractivity contribution in [2.24, 2.45) is 0 Å². The van der Waals surface area contributed by atoms with Crippen molar-refractivity contribution < 1.29 is 4.74 Å². The van der Waals surface area contributed by atoms with Crippen molar-refractivity contribution in [2.45, 2.75) is 38.4 Å². The molecule has 1 fully saturated rings. The Morgan fingerprint density at radius 1 is 1.16 bits per heavy atom. The highest BCUT2D eigenvalue weighted by molar-refractivity contribution is 7.12. The van der Waals surface area contributed by atoms with Crippen molar-refractivity contribution in [3.05, 3.63) is 62.0 Å². The number of nitrogens with zero attached hydrogens (tertiary/aromatic N) is 1. The summed E-state index contributed by atoms with van der Waals surface area (Å²) in [5.74, 6) is 0.693. The first-order chi connectivity index (χ1) is 14.6. The van der Waals surface area contributed by atoms with Crippen molar-refractivity contribution in [3.8, 4) is 16.9 Å². The van der Waals surface area contributed by atoms with Gasteiger partial charge in [-0.2, -0.15) is 0 Å². The van der Waals surface area contributed by atoms with Crippen LogP contribution in [-0.2, 0) is 6.54 Å². The van der Waals surface area contributed by atoms with Crippen LogP contribution in [0.3, 0.4) is 0 Å². The van der Waals surface area contributed by atoms with Crippen LogP contribution < -0.4 is 21.0 Å². The van der Waals surface area contributed by atoms with Gasteiger partial charge in [0.15, 0.2) is 5.75 Å². The number of rotatable bonds is 3. The Hall–Kier alpha value is -2.61. The normalized spacial score (nSPS) is 17.7. The van der Waals surface area contributed by atoms with E-state index in [1.165, 1.54) is 22.7 Å². The van der Waals surface area contributed by atoms with Gasteiger partial charge in [-0.15, -0.1) is 12.4 Å². The molecule has 1 saturated carbocycles. The molecule has 4 aromatic rings. The van der Waals surface area contributed by atoms with Crippen LogP contribution in [0.4, 0.5) is 0 Å². The van der Waals surface area contributed by atoms with Crippen LogP contribution in [-0.4, -0.2) is 16.1 Å². The third kappa shape index (κ3) is 2.87. The maximum atomic E-state index is 13.2. The molecule has 8 heteroatoms. The molecule has 2 aliphatic rings. The molecule has 0 amide bonds. The highest BCUT2D eigenvalue weighted by Gasteiger charge is 2.31. The number of aromatic nitrogens is 2. The zero-order valence-corrected chi connectivity index (χ0v) is 18.8. The average Bonchev–Trinajstić information content (AvgIpc) is 3.43. The van der Waals surface area contributed by atoms with Crippen molar-refractivity contribution in [1.29, 1.82) is 0 Å². The molecule has 1 aliphatic heterocycles. The molecule has 31 heavy (non-hydrogen) atoms. The van der Waals surface area contributed by atoms with Gasteiger partial charge in [-0.05, 0) is 66.2 Å². The summed E-state index contributed by atoms with van der Waals surface area (Å²) < 4.78 is 10.8. The number of methoxy groups -OCH3 is 1. The lowest BCUT2D eigenvalue weighted by Crippen LogP contribution is -2.15. The monoisotopic (exact) mass is 455 g/mol. The molecule has 0 spiro atoms. The lowest BCUT2D eigenvalue weighted by atomic mass is 9.96. The van der Waals surface area contributed by atoms with Gasteiger partial charge in [-0.3, -0.25) is 14.0 Å². The first-order valence-electron chi connectivity index (χ1n) is 10.2. The van der Waals surface area contributed by atoms with Gasteiger partial charge in [-0.25, -0.2) is 0 Å². The number of ether oxygens (including phenoxy) is 1. The van der Waals surface area contributed by atoms with Crippen LogP contribution in [0, 0.1) is 0 Å². The van der Waals surface area contributed by atoms with Crippen molar-refractivity contribution >= 4 is 45.1 Å². The van der Waals surface area contributed by atoms with Crippen molar-refractivity contribution in [1.82, 2.24) is 14.3 Å². The third-order valence-electron chi connectivity index (χ3n) is 6.38. The van der Waals surface area contributed by atoms with Crippen LogP contribution in [0.25, 0.3) is 32.2 Å². The molecule has 160 valence electrons. The van der Waals surface area contributed by atoms with Crippen LogP contribution in [0.15, 0.2) is 39.9 Å². The average molecular weight is 456 g/mol. The molecule has 1 unspecified atom stereocenters. The summed E-state index contributed by atoms with van der Waals surface area (Å²) in [4.78, 5) is 26.2. The summed E-state index contributed by atoms with van der Waals surface area (Å²) >= 11 is 1.24. The second-order valence-electron chi connectivity index (χ2n) is 8.20. The number of pyridine rings is 1. The minimum atomic E-state index is -0.306. The smallest absolute Gasteiger partial charge is 0.271 e. The van der Waals surface area contributed by atoms with Gasteiger partial charge in [0.2, 0.25) is 5.43 Å². The number of H-pyrrole nitrogens is 1. The van der Waals surface area contributed by atoms with Gasteiger partial charge >= 0.3 is 0 Å². The van der Waals surface area contributed by atoms with E-state index >= 15 is 0 Å². The van der Waals surface area contributed by atoms with E-state index in [9.17, 15) is 9.59 Å². The molecule has 1 aliphatic carbocycles. The molecule has 6 nitrogen and oxygen atoms in total. The number of hydrogen-bond donors (Lipinski definition) is 2. The summed E-state index contributed by atoms with van der Waals surface area (Å²) in [5.41, 5.74) is 4.91. The Morgan fingerprint density at radius 2 is 1.97 bits per heavy atom. The molecule has 0 saturated heterocycles. The maximum absolute atomic E-state index is 13.2. The standard InChI is InChI=1S/C23H21N3O3S.ClH/c1-11-15-6-3-12(9-13(15)10-24-11)16-7-8-17-19(21(16)29-2)26(14-4-5-14)23-18(20(17)27)22(28)25-30-23;/h3,6-9,11,14,24H,4-5,10H2,1-2H3,(H,25,28);1H. The predicted molar refractivity (Wildman–Crippen MR) is 127 cm³/mol. The topological polar surface area (TPSA) is 76.1 Å². The van der Waals surface area contributed by atoms with Gasteiger partial charge in [0, 0.05) is 24.2 Å². The first kappa shape index (κ1) is 20.3. The number of halogens is 1. The van der Waals surface area contributed by atoms with E-state index in [1.807, 2.05) is 12.1 Å². The fourth-order valence-electron chi connectivity index (χ4n) is 4.73. The number of aromatic amines is 1. The minimum absolute atomic E-state index is 0. The van der Waals surface area contributed by atoms with E-state index in [-0.39, 0.29) is 34.8 Å². The summed E-state index contributed by atoms with van der Waals surface area (Å²) in [5, 5.41) is 4.27. The fourth-order valence-corrected chi connectivity index (χ4v) is 5.65. The zero-order valence-electron chi connectivity index (χ0n) is 17.2. The van der Waals surface area contributed by atoms with Crippen LogP contribution in [0.2, 0.25) is 0 Å². The van der Waals surface area contributed by atoms with Gasteiger partial charge in [0.1, 0.15) is 10.2 Å². The summed E-state index contributed by atoms with van der Waals surface area (Å²) in [6.45, 7) is 3.02. The van der Waals surface area contributed by atoms with E-state index in [1.54, 1.807) is 7.11 Å². The van der Waals surface area contributed by atoms with E-state index in [0.717, 1.165) is 36.0 Å². The molecule has 1 atom stereocenters. The summed E-state index contributed by atoms with van der Waals surface area (Å²) in [6.07, 6.45) is 2.07. The molecule has 2 aromatic heterocycles. The Morgan fingerprint density at radius 3 is 2.71 bits per heavy atom. The van der Waals surface area contributed by atoms with E-state index in [2.05, 4.69) is 39.4 Å². The molecule has 0 bridgehead atoms. The number of benzene rings is 2.